The number of rotatable bonds is 8. The smallest absolute Gasteiger partial charge is 0.338 e. The quantitative estimate of drug-likeness (QED) is 0.468. The maximum atomic E-state index is 13.0. The maximum absolute atomic E-state index is 13.0. The number of hydrogen-bond donors (Lipinski definition) is 1. The van der Waals surface area contributed by atoms with E-state index in [0.29, 0.717) is 17.1 Å². The summed E-state index contributed by atoms with van der Waals surface area (Å²) in [5.74, 6) is -0.793. The lowest BCUT2D eigenvalue weighted by Crippen LogP contribution is -2.27. The first-order valence-electron chi connectivity index (χ1n) is 10.8. The second kappa shape index (κ2) is 10.6. The number of nitrogens with one attached hydrogen (secondary N) is 1. The zero-order valence-corrected chi connectivity index (χ0v) is 21.1. The van der Waals surface area contributed by atoms with Crippen LogP contribution in [0.1, 0.15) is 27.0 Å². The lowest BCUT2D eigenvalue weighted by atomic mass is 10.1. The van der Waals surface area contributed by atoms with Crippen LogP contribution >= 0.6 is 0 Å². The summed E-state index contributed by atoms with van der Waals surface area (Å²) in [5.41, 5.74) is 4.10. The fraction of sp³-hybridized carbons (Fsp3) is 0.231. The van der Waals surface area contributed by atoms with Gasteiger partial charge >= 0.3 is 5.97 Å². The van der Waals surface area contributed by atoms with Gasteiger partial charge in [0, 0.05) is 12.7 Å². The van der Waals surface area contributed by atoms with Gasteiger partial charge in [-0.3, -0.25) is 9.10 Å². The van der Waals surface area contributed by atoms with Crippen molar-refractivity contribution >= 4 is 33.3 Å². The van der Waals surface area contributed by atoms with Crippen molar-refractivity contribution < 1.29 is 27.5 Å². The minimum absolute atomic E-state index is 0.00878. The largest absolute Gasteiger partial charge is 0.495 e. The number of carbonyl (C=O) groups excluding carboxylic acids is 2. The van der Waals surface area contributed by atoms with Crippen LogP contribution in [0, 0.1) is 20.8 Å². The number of sulfonamides is 1. The summed E-state index contributed by atoms with van der Waals surface area (Å²) >= 11 is 0. The maximum Gasteiger partial charge on any atom is 0.338 e. The zero-order valence-electron chi connectivity index (χ0n) is 20.3. The molecule has 8 nitrogen and oxygen atoms in total. The lowest BCUT2D eigenvalue weighted by Gasteiger charge is -2.21. The molecule has 1 amide bonds. The predicted molar refractivity (Wildman–Crippen MR) is 135 cm³/mol. The summed E-state index contributed by atoms with van der Waals surface area (Å²) in [6.07, 6.45) is 0. The van der Waals surface area contributed by atoms with Crippen molar-refractivity contribution in [2.24, 2.45) is 0 Å². The van der Waals surface area contributed by atoms with E-state index in [-0.39, 0.29) is 10.5 Å². The fourth-order valence-electron chi connectivity index (χ4n) is 3.71. The van der Waals surface area contributed by atoms with Gasteiger partial charge in [-0.2, -0.15) is 0 Å². The molecular weight excluding hydrogens is 468 g/mol. The van der Waals surface area contributed by atoms with Crippen LogP contribution in [0.4, 0.5) is 11.4 Å². The molecule has 35 heavy (non-hydrogen) atoms. The number of carbonyl (C=O) groups is 2. The first-order valence-corrected chi connectivity index (χ1v) is 12.3. The van der Waals surface area contributed by atoms with Crippen LogP contribution in [0.2, 0.25) is 0 Å². The Labute approximate surface area is 205 Å². The SMILES string of the molecule is COc1ccccc1N(C)S(=O)(=O)c1ccc(C(=O)OCC(=O)Nc2c(C)cc(C)cc2C)cc1. The van der Waals surface area contributed by atoms with Crippen LogP contribution in [0.25, 0.3) is 0 Å². The topological polar surface area (TPSA) is 102 Å². The van der Waals surface area contributed by atoms with Crippen molar-refractivity contribution in [3.05, 3.63) is 82.9 Å². The van der Waals surface area contributed by atoms with Crippen LogP contribution in [0.15, 0.2) is 65.6 Å². The van der Waals surface area contributed by atoms with Crippen molar-refractivity contribution in [1.29, 1.82) is 0 Å². The molecule has 0 saturated heterocycles. The lowest BCUT2D eigenvalue weighted by molar-refractivity contribution is -0.119. The van der Waals surface area contributed by atoms with Gasteiger partial charge in [-0.15, -0.1) is 0 Å². The molecule has 0 unspecified atom stereocenters. The number of nitrogens with zero attached hydrogens (tertiary/aromatic N) is 1. The summed E-state index contributed by atoms with van der Waals surface area (Å²) < 4.78 is 37.6. The number of anilines is 2. The molecule has 0 atom stereocenters. The standard InChI is InChI=1S/C26H28N2O6S/c1-17-14-18(2)25(19(3)15-17)27-24(29)16-34-26(30)20-10-12-21(13-11-20)35(31,32)28(4)22-8-6-7-9-23(22)33-5/h6-15H,16H2,1-5H3,(H,27,29). The van der Waals surface area contributed by atoms with Crippen molar-refractivity contribution in [2.45, 2.75) is 25.7 Å². The molecule has 0 aliphatic carbocycles. The third-order valence-electron chi connectivity index (χ3n) is 5.45. The Morgan fingerprint density at radius 3 is 2.14 bits per heavy atom. The molecule has 0 saturated carbocycles. The van der Waals surface area contributed by atoms with E-state index in [4.69, 9.17) is 9.47 Å². The highest BCUT2D eigenvalue weighted by Gasteiger charge is 2.24. The van der Waals surface area contributed by atoms with Crippen LogP contribution < -0.4 is 14.4 Å². The summed E-state index contributed by atoms with van der Waals surface area (Å²) in [6, 6.07) is 16.0. The number of esters is 1. The first-order chi connectivity index (χ1) is 16.5. The first kappa shape index (κ1) is 25.8. The Balaban J connectivity index is 1.66. The van der Waals surface area contributed by atoms with E-state index < -0.39 is 28.5 Å². The Bertz CT molecular complexity index is 1330. The number of ether oxygens (including phenoxy) is 2. The Kier molecular flexibility index (Phi) is 7.81. The highest BCUT2D eigenvalue weighted by atomic mass is 32.2. The van der Waals surface area contributed by atoms with Crippen LogP contribution in [0.5, 0.6) is 5.75 Å². The molecule has 3 aromatic carbocycles. The van der Waals surface area contributed by atoms with Gasteiger partial charge in [0.15, 0.2) is 6.61 Å². The monoisotopic (exact) mass is 496 g/mol. The molecule has 0 fully saturated rings. The molecule has 0 spiro atoms. The minimum atomic E-state index is -3.90. The van der Waals surface area contributed by atoms with Gasteiger partial charge in [0.25, 0.3) is 15.9 Å². The molecule has 0 aliphatic rings. The molecule has 184 valence electrons. The predicted octanol–water partition coefficient (Wildman–Crippen LogP) is 4.24. The Morgan fingerprint density at radius 2 is 1.54 bits per heavy atom. The average molecular weight is 497 g/mol. The summed E-state index contributed by atoms with van der Waals surface area (Å²) in [5, 5.41) is 2.77. The Hall–Kier alpha value is -3.85. The fourth-order valence-corrected chi connectivity index (χ4v) is 4.91. The highest BCUT2D eigenvalue weighted by molar-refractivity contribution is 7.92. The molecule has 1 N–H and O–H groups in total. The summed E-state index contributed by atoms with van der Waals surface area (Å²) in [4.78, 5) is 24.7. The number of benzene rings is 3. The Morgan fingerprint density at radius 1 is 0.943 bits per heavy atom. The minimum Gasteiger partial charge on any atom is -0.495 e. The van der Waals surface area contributed by atoms with E-state index in [9.17, 15) is 18.0 Å². The van der Waals surface area contributed by atoms with Gasteiger partial charge in [0.05, 0.1) is 23.3 Å². The van der Waals surface area contributed by atoms with E-state index >= 15 is 0 Å². The van der Waals surface area contributed by atoms with Gasteiger partial charge in [0.1, 0.15) is 5.75 Å². The molecule has 0 aliphatic heterocycles. The number of methoxy groups -OCH3 is 1. The van der Waals surface area contributed by atoms with Crippen molar-refractivity contribution in [1.82, 2.24) is 0 Å². The normalized spacial score (nSPS) is 11.0. The third kappa shape index (κ3) is 5.81. The van der Waals surface area contributed by atoms with Gasteiger partial charge in [-0.05, 0) is 68.3 Å². The molecule has 3 rings (SSSR count). The molecule has 0 heterocycles. The molecule has 0 radical (unpaired) electrons. The van der Waals surface area contributed by atoms with E-state index in [0.717, 1.165) is 21.0 Å². The molecule has 3 aromatic rings. The van der Waals surface area contributed by atoms with Crippen molar-refractivity contribution in [2.75, 3.05) is 30.4 Å². The van der Waals surface area contributed by atoms with Crippen LogP contribution in [0.3, 0.4) is 0 Å². The summed E-state index contributed by atoms with van der Waals surface area (Å²) in [6.45, 7) is 5.29. The molecule has 0 bridgehead atoms. The number of hydrogen-bond acceptors (Lipinski definition) is 6. The molecular formula is C26H28N2O6S. The van der Waals surface area contributed by atoms with Crippen molar-refractivity contribution in [3.8, 4) is 5.75 Å². The second-order valence-corrected chi connectivity index (χ2v) is 10.0. The van der Waals surface area contributed by atoms with Crippen LogP contribution in [-0.2, 0) is 19.6 Å². The second-order valence-electron chi connectivity index (χ2n) is 8.07. The van der Waals surface area contributed by atoms with E-state index in [1.807, 2.05) is 32.9 Å². The van der Waals surface area contributed by atoms with Crippen molar-refractivity contribution in [3.63, 3.8) is 0 Å². The number of para-hydroxylation sites is 2. The molecule has 9 heteroatoms. The zero-order chi connectivity index (χ0) is 25.8. The van der Waals surface area contributed by atoms with E-state index in [1.54, 1.807) is 24.3 Å². The van der Waals surface area contributed by atoms with Crippen LogP contribution in [-0.4, -0.2) is 41.1 Å². The van der Waals surface area contributed by atoms with Gasteiger partial charge in [-0.25, -0.2) is 13.2 Å². The average Bonchev–Trinajstić information content (AvgIpc) is 2.84. The number of amides is 1. The van der Waals surface area contributed by atoms with E-state index in [2.05, 4.69) is 5.32 Å². The van der Waals surface area contributed by atoms with Gasteiger partial charge in [-0.1, -0.05) is 29.8 Å². The highest BCUT2D eigenvalue weighted by Crippen LogP contribution is 2.31. The number of aryl methyl sites for hydroxylation is 3. The summed E-state index contributed by atoms with van der Waals surface area (Å²) in [7, 11) is -1.02. The van der Waals surface area contributed by atoms with E-state index in [1.165, 1.54) is 38.4 Å². The molecule has 0 aromatic heterocycles. The van der Waals surface area contributed by atoms with Gasteiger partial charge in [0.2, 0.25) is 0 Å². The van der Waals surface area contributed by atoms with Gasteiger partial charge < -0.3 is 14.8 Å². The third-order valence-corrected chi connectivity index (χ3v) is 7.23.